The molecule has 3 N–H and O–H groups in total. The Labute approximate surface area is 156 Å². The number of anilines is 2. The van der Waals surface area contributed by atoms with E-state index >= 15 is 0 Å². The molecular formula is C16H28Cl2N4O2. The molecule has 0 aliphatic carbocycles. The molecular weight excluding hydrogens is 351 g/mol. The van der Waals surface area contributed by atoms with Gasteiger partial charge in [-0.15, -0.1) is 24.8 Å². The molecule has 2 heterocycles. The maximum absolute atomic E-state index is 12.5. The van der Waals surface area contributed by atoms with Crippen LogP contribution in [0.25, 0.3) is 0 Å². The molecule has 24 heavy (non-hydrogen) atoms. The van der Waals surface area contributed by atoms with Gasteiger partial charge in [0.25, 0.3) is 0 Å². The highest BCUT2D eigenvalue weighted by Crippen LogP contribution is 2.27. The van der Waals surface area contributed by atoms with Crippen LogP contribution in [0.4, 0.5) is 11.5 Å². The summed E-state index contributed by atoms with van der Waals surface area (Å²) >= 11 is 0. The van der Waals surface area contributed by atoms with Crippen LogP contribution in [0.2, 0.25) is 0 Å². The summed E-state index contributed by atoms with van der Waals surface area (Å²) in [5.74, 6) is 0.887. The Morgan fingerprint density at radius 3 is 2.38 bits per heavy atom. The Morgan fingerprint density at radius 2 is 1.92 bits per heavy atom. The highest BCUT2D eigenvalue weighted by molar-refractivity contribution is 5.95. The van der Waals surface area contributed by atoms with Crippen molar-refractivity contribution < 1.29 is 9.53 Å². The second kappa shape index (κ2) is 10.7. The first-order valence-corrected chi connectivity index (χ1v) is 7.95. The fourth-order valence-corrected chi connectivity index (χ4v) is 2.66. The minimum Gasteiger partial charge on any atom is -0.378 e. The molecule has 1 aliphatic heterocycles. The van der Waals surface area contributed by atoms with E-state index in [2.05, 4.69) is 15.2 Å². The summed E-state index contributed by atoms with van der Waals surface area (Å²) in [6.07, 6.45) is 3.16. The SMILES string of the molecule is CCC(CC)(CN)C(=O)Nc1ccc(N2CCOCC2)nc1.Cl.Cl. The molecule has 0 aromatic carbocycles. The highest BCUT2D eigenvalue weighted by atomic mass is 35.5. The largest absolute Gasteiger partial charge is 0.378 e. The quantitative estimate of drug-likeness (QED) is 0.794. The fourth-order valence-electron chi connectivity index (χ4n) is 2.66. The van der Waals surface area contributed by atoms with Crippen LogP contribution in [-0.4, -0.2) is 43.7 Å². The number of amides is 1. The van der Waals surface area contributed by atoms with Gasteiger partial charge in [0.15, 0.2) is 0 Å². The van der Waals surface area contributed by atoms with Crippen LogP contribution in [-0.2, 0) is 9.53 Å². The monoisotopic (exact) mass is 378 g/mol. The van der Waals surface area contributed by atoms with E-state index in [1.807, 2.05) is 26.0 Å². The van der Waals surface area contributed by atoms with E-state index in [1.165, 1.54) is 0 Å². The number of carbonyl (C=O) groups is 1. The number of carbonyl (C=O) groups excluding carboxylic acids is 1. The molecule has 1 aromatic heterocycles. The number of pyridine rings is 1. The van der Waals surface area contributed by atoms with Crippen molar-refractivity contribution in [2.24, 2.45) is 11.1 Å². The Bertz CT molecular complexity index is 481. The predicted octanol–water partition coefficient (Wildman–Crippen LogP) is 2.47. The zero-order chi connectivity index (χ0) is 16.0. The van der Waals surface area contributed by atoms with E-state index in [0.717, 1.165) is 45.0 Å². The van der Waals surface area contributed by atoms with Crippen molar-refractivity contribution in [3.63, 3.8) is 0 Å². The molecule has 138 valence electrons. The third-order valence-electron chi connectivity index (χ3n) is 4.57. The molecule has 0 saturated carbocycles. The summed E-state index contributed by atoms with van der Waals surface area (Å²) in [5.41, 5.74) is 6.02. The fraction of sp³-hybridized carbons (Fsp3) is 0.625. The van der Waals surface area contributed by atoms with Crippen LogP contribution in [0.1, 0.15) is 26.7 Å². The van der Waals surface area contributed by atoms with Gasteiger partial charge in [0.1, 0.15) is 5.82 Å². The number of ether oxygens (including phenoxy) is 1. The zero-order valence-corrected chi connectivity index (χ0v) is 15.9. The van der Waals surface area contributed by atoms with Gasteiger partial charge >= 0.3 is 0 Å². The van der Waals surface area contributed by atoms with Crippen molar-refractivity contribution in [1.82, 2.24) is 4.98 Å². The molecule has 0 unspecified atom stereocenters. The topological polar surface area (TPSA) is 80.5 Å². The molecule has 6 nitrogen and oxygen atoms in total. The van der Waals surface area contributed by atoms with E-state index in [0.29, 0.717) is 12.2 Å². The standard InChI is InChI=1S/C16H26N4O2.2ClH/c1-3-16(4-2,12-17)15(21)19-13-5-6-14(18-11-13)20-7-9-22-10-8-20;;/h5-6,11H,3-4,7-10,12,17H2,1-2H3,(H,19,21);2*1H. The first-order valence-electron chi connectivity index (χ1n) is 7.95. The van der Waals surface area contributed by atoms with Gasteiger partial charge in [0, 0.05) is 19.6 Å². The number of nitrogens with one attached hydrogen (secondary N) is 1. The van der Waals surface area contributed by atoms with Crippen LogP contribution < -0.4 is 16.0 Å². The minimum atomic E-state index is -0.497. The second-order valence-electron chi connectivity index (χ2n) is 5.65. The molecule has 1 amide bonds. The van der Waals surface area contributed by atoms with Gasteiger partial charge in [0.05, 0.1) is 30.5 Å². The molecule has 2 rings (SSSR count). The number of hydrogen-bond donors (Lipinski definition) is 2. The minimum absolute atomic E-state index is 0. The number of rotatable bonds is 6. The Balaban J connectivity index is 0.00000264. The van der Waals surface area contributed by atoms with Crippen LogP contribution in [0.5, 0.6) is 0 Å². The van der Waals surface area contributed by atoms with E-state index in [-0.39, 0.29) is 30.7 Å². The molecule has 0 radical (unpaired) electrons. The second-order valence-corrected chi connectivity index (χ2v) is 5.65. The van der Waals surface area contributed by atoms with Gasteiger partial charge < -0.3 is 20.7 Å². The average molecular weight is 379 g/mol. The van der Waals surface area contributed by atoms with Gasteiger partial charge in [-0.3, -0.25) is 4.79 Å². The molecule has 1 saturated heterocycles. The normalized spacial score (nSPS) is 14.4. The summed E-state index contributed by atoms with van der Waals surface area (Å²) in [4.78, 5) is 19.1. The van der Waals surface area contributed by atoms with Crippen molar-refractivity contribution in [2.75, 3.05) is 43.1 Å². The van der Waals surface area contributed by atoms with Crippen molar-refractivity contribution in [3.8, 4) is 0 Å². The van der Waals surface area contributed by atoms with Crippen LogP contribution in [0, 0.1) is 5.41 Å². The Hall–Kier alpha value is -1.08. The smallest absolute Gasteiger partial charge is 0.231 e. The number of hydrogen-bond acceptors (Lipinski definition) is 5. The summed E-state index contributed by atoms with van der Waals surface area (Å²) in [6.45, 7) is 7.50. The van der Waals surface area contributed by atoms with Gasteiger partial charge in [-0.05, 0) is 25.0 Å². The van der Waals surface area contributed by atoms with Crippen molar-refractivity contribution in [3.05, 3.63) is 18.3 Å². The average Bonchev–Trinajstić information content (AvgIpc) is 2.58. The molecule has 0 spiro atoms. The molecule has 0 atom stereocenters. The summed E-state index contributed by atoms with van der Waals surface area (Å²) < 4.78 is 5.33. The van der Waals surface area contributed by atoms with Gasteiger partial charge in [0.2, 0.25) is 5.91 Å². The van der Waals surface area contributed by atoms with Crippen molar-refractivity contribution in [2.45, 2.75) is 26.7 Å². The number of halogens is 2. The summed E-state index contributed by atoms with van der Waals surface area (Å²) in [6, 6.07) is 3.82. The van der Waals surface area contributed by atoms with Crippen molar-refractivity contribution >= 4 is 42.2 Å². The van der Waals surface area contributed by atoms with Crippen LogP contribution >= 0.6 is 24.8 Å². The van der Waals surface area contributed by atoms with E-state index in [9.17, 15) is 4.79 Å². The van der Waals surface area contributed by atoms with Gasteiger partial charge in [-0.1, -0.05) is 13.8 Å². The lowest BCUT2D eigenvalue weighted by Gasteiger charge is -2.29. The lowest BCUT2D eigenvalue weighted by Crippen LogP contribution is -2.41. The van der Waals surface area contributed by atoms with Crippen molar-refractivity contribution in [1.29, 1.82) is 0 Å². The van der Waals surface area contributed by atoms with E-state index < -0.39 is 5.41 Å². The van der Waals surface area contributed by atoms with Crippen LogP contribution in [0.15, 0.2) is 18.3 Å². The lowest BCUT2D eigenvalue weighted by atomic mass is 9.81. The Kier molecular flexibility index (Phi) is 10.2. The van der Waals surface area contributed by atoms with Crippen LogP contribution in [0.3, 0.4) is 0 Å². The van der Waals surface area contributed by atoms with E-state index in [4.69, 9.17) is 10.5 Å². The molecule has 0 bridgehead atoms. The van der Waals surface area contributed by atoms with Gasteiger partial charge in [-0.25, -0.2) is 4.98 Å². The van der Waals surface area contributed by atoms with E-state index in [1.54, 1.807) is 6.20 Å². The number of nitrogens with two attached hydrogens (primary N) is 1. The summed E-state index contributed by atoms with van der Waals surface area (Å²) in [5, 5.41) is 2.94. The molecule has 1 fully saturated rings. The maximum atomic E-state index is 12.5. The molecule has 8 heteroatoms. The first kappa shape index (κ1) is 22.9. The predicted molar refractivity (Wildman–Crippen MR) is 102 cm³/mol. The zero-order valence-electron chi connectivity index (χ0n) is 14.3. The van der Waals surface area contributed by atoms with Gasteiger partial charge in [-0.2, -0.15) is 0 Å². The third-order valence-corrected chi connectivity index (χ3v) is 4.57. The highest BCUT2D eigenvalue weighted by Gasteiger charge is 2.33. The molecule has 1 aliphatic rings. The number of nitrogens with zero attached hydrogens (tertiary/aromatic N) is 2. The third kappa shape index (κ3) is 5.21. The number of aromatic nitrogens is 1. The summed E-state index contributed by atoms with van der Waals surface area (Å²) in [7, 11) is 0. The first-order chi connectivity index (χ1) is 10.6. The molecule has 1 aromatic rings. The lowest BCUT2D eigenvalue weighted by molar-refractivity contribution is -0.125. The maximum Gasteiger partial charge on any atom is 0.231 e. The Morgan fingerprint density at radius 1 is 1.29 bits per heavy atom. The number of morpholine rings is 1.